The molecule has 0 bridgehead atoms. The van der Waals surface area contributed by atoms with E-state index in [-0.39, 0.29) is 5.91 Å². The number of nitrogens with two attached hydrogens (primary N) is 1. The number of benzene rings is 2. The van der Waals surface area contributed by atoms with Crippen molar-refractivity contribution >= 4 is 28.9 Å². The van der Waals surface area contributed by atoms with E-state index in [2.05, 4.69) is 5.32 Å². The van der Waals surface area contributed by atoms with E-state index in [1.165, 1.54) is 0 Å². The first-order valence-electron chi connectivity index (χ1n) is 5.50. The van der Waals surface area contributed by atoms with Crippen LogP contribution in [-0.2, 0) is 0 Å². The fourth-order valence-corrected chi connectivity index (χ4v) is 1.94. The fourth-order valence-electron chi connectivity index (χ4n) is 1.67. The van der Waals surface area contributed by atoms with Gasteiger partial charge in [0.1, 0.15) is 0 Å². The molecule has 0 aromatic heterocycles. The molecule has 0 aliphatic heterocycles. The predicted molar refractivity (Wildman–Crippen MR) is 75.0 cm³/mol. The van der Waals surface area contributed by atoms with Crippen molar-refractivity contribution in [2.45, 2.75) is 6.92 Å². The number of aryl methyl sites for hydroxylation is 1. The molecule has 0 atom stereocenters. The van der Waals surface area contributed by atoms with Gasteiger partial charge in [0.2, 0.25) is 0 Å². The molecule has 1 amide bonds. The lowest BCUT2D eigenvalue weighted by Gasteiger charge is -2.11. The summed E-state index contributed by atoms with van der Waals surface area (Å²) in [5.74, 6) is -0.260. The molecular weight excluding hydrogens is 248 g/mol. The number of nitrogens with one attached hydrogen (secondary N) is 1. The van der Waals surface area contributed by atoms with Crippen LogP contribution < -0.4 is 11.1 Å². The van der Waals surface area contributed by atoms with Crippen LogP contribution in [0, 0.1) is 6.92 Å². The van der Waals surface area contributed by atoms with E-state index < -0.39 is 0 Å². The quantitative estimate of drug-likeness (QED) is 0.812. The van der Waals surface area contributed by atoms with Crippen LogP contribution in [0.5, 0.6) is 0 Å². The second-order valence-electron chi connectivity index (χ2n) is 3.97. The summed E-state index contributed by atoms with van der Waals surface area (Å²) in [5, 5.41) is 3.30. The van der Waals surface area contributed by atoms with Crippen LogP contribution in [0.1, 0.15) is 15.9 Å². The average Bonchev–Trinajstić information content (AvgIpc) is 2.34. The highest BCUT2D eigenvalue weighted by molar-refractivity contribution is 6.34. The van der Waals surface area contributed by atoms with Crippen molar-refractivity contribution in [1.82, 2.24) is 0 Å². The van der Waals surface area contributed by atoms with Gasteiger partial charge in [-0.15, -0.1) is 0 Å². The number of amides is 1. The summed E-state index contributed by atoms with van der Waals surface area (Å²) in [7, 11) is 0. The Balaban J connectivity index is 2.30. The summed E-state index contributed by atoms with van der Waals surface area (Å²) < 4.78 is 0. The van der Waals surface area contributed by atoms with E-state index >= 15 is 0 Å². The largest absolute Gasteiger partial charge is 0.398 e. The van der Waals surface area contributed by atoms with E-state index in [1.807, 2.05) is 19.1 Å². The average molecular weight is 261 g/mol. The lowest BCUT2D eigenvalue weighted by atomic mass is 10.1. The molecule has 0 aliphatic carbocycles. The Kier molecular flexibility index (Phi) is 3.53. The van der Waals surface area contributed by atoms with Crippen LogP contribution >= 0.6 is 11.6 Å². The van der Waals surface area contributed by atoms with Crippen molar-refractivity contribution in [2.75, 3.05) is 11.1 Å². The van der Waals surface area contributed by atoms with Gasteiger partial charge in [-0.1, -0.05) is 35.9 Å². The molecule has 4 heteroatoms. The molecule has 18 heavy (non-hydrogen) atoms. The summed E-state index contributed by atoms with van der Waals surface area (Å²) in [5.41, 5.74) is 8.17. The first-order valence-corrected chi connectivity index (χ1v) is 5.88. The zero-order chi connectivity index (χ0) is 13.1. The van der Waals surface area contributed by atoms with Gasteiger partial charge in [-0.05, 0) is 30.7 Å². The molecular formula is C14H13ClN2O. The van der Waals surface area contributed by atoms with Gasteiger partial charge < -0.3 is 11.1 Å². The Labute approximate surface area is 111 Å². The maximum absolute atomic E-state index is 12.1. The second-order valence-corrected chi connectivity index (χ2v) is 4.38. The van der Waals surface area contributed by atoms with Crippen molar-refractivity contribution in [3.8, 4) is 0 Å². The highest BCUT2D eigenvalue weighted by Crippen LogP contribution is 2.26. The summed E-state index contributed by atoms with van der Waals surface area (Å²) in [4.78, 5) is 12.1. The number of hydrogen-bond acceptors (Lipinski definition) is 2. The first kappa shape index (κ1) is 12.5. The molecule has 3 N–H and O–H groups in total. The van der Waals surface area contributed by atoms with E-state index in [1.54, 1.807) is 30.3 Å². The van der Waals surface area contributed by atoms with Gasteiger partial charge in [0, 0.05) is 5.69 Å². The van der Waals surface area contributed by atoms with Crippen LogP contribution in [0.4, 0.5) is 11.4 Å². The summed E-state index contributed by atoms with van der Waals surface area (Å²) >= 11 is 6.05. The summed E-state index contributed by atoms with van der Waals surface area (Å²) in [6, 6.07) is 12.4. The minimum absolute atomic E-state index is 0.260. The van der Waals surface area contributed by atoms with Gasteiger partial charge >= 0.3 is 0 Å². The summed E-state index contributed by atoms with van der Waals surface area (Å²) in [6.07, 6.45) is 0. The van der Waals surface area contributed by atoms with Crippen molar-refractivity contribution in [3.05, 3.63) is 58.6 Å². The van der Waals surface area contributed by atoms with Crippen LogP contribution in [0.25, 0.3) is 0 Å². The Morgan fingerprint density at radius 1 is 1.17 bits per heavy atom. The van der Waals surface area contributed by atoms with Crippen molar-refractivity contribution in [1.29, 1.82) is 0 Å². The normalized spacial score (nSPS) is 10.1. The van der Waals surface area contributed by atoms with Crippen LogP contribution in [0.3, 0.4) is 0 Å². The number of para-hydroxylation sites is 2. The van der Waals surface area contributed by atoms with Gasteiger partial charge in [0.25, 0.3) is 5.91 Å². The number of carbonyl (C=O) groups is 1. The summed E-state index contributed by atoms with van der Waals surface area (Å²) in [6.45, 7) is 1.88. The van der Waals surface area contributed by atoms with Crippen LogP contribution in [0.2, 0.25) is 5.02 Å². The lowest BCUT2D eigenvalue weighted by Crippen LogP contribution is -2.14. The monoisotopic (exact) mass is 260 g/mol. The van der Waals surface area contributed by atoms with E-state index in [4.69, 9.17) is 17.3 Å². The Hall–Kier alpha value is -2.00. The van der Waals surface area contributed by atoms with Gasteiger partial charge in [0.15, 0.2) is 0 Å². The number of carbonyl (C=O) groups excluding carboxylic acids is 1. The van der Waals surface area contributed by atoms with E-state index in [0.717, 1.165) is 5.56 Å². The zero-order valence-electron chi connectivity index (χ0n) is 9.91. The third-order valence-corrected chi connectivity index (χ3v) is 2.98. The Bertz CT molecular complexity index is 576. The molecule has 2 aromatic rings. The van der Waals surface area contributed by atoms with Gasteiger partial charge in [-0.2, -0.15) is 0 Å². The first-order chi connectivity index (χ1) is 8.59. The number of halogens is 1. The predicted octanol–water partition coefficient (Wildman–Crippen LogP) is 3.48. The third-order valence-electron chi connectivity index (χ3n) is 2.67. The minimum Gasteiger partial charge on any atom is -0.398 e. The molecule has 0 heterocycles. The number of anilines is 2. The molecule has 0 fully saturated rings. The van der Waals surface area contributed by atoms with Crippen molar-refractivity contribution in [3.63, 3.8) is 0 Å². The molecule has 0 aliphatic rings. The molecule has 0 radical (unpaired) electrons. The molecule has 92 valence electrons. The number of rotatable bonds is 2. The molecule has 0 saturated heterocycles. The van der Waals surface area contributed by atoms with Gasteiger partial charge in [-0.3, -0.25) is 4.79 Å². The minimum atomic E-state index is -0.260. The Morgan fingerprint density at radius 3 is 2.56 bits per heavy atom. The van der Waals surface area contributed by atoms with Crippen LogP contribution in [-0.4, -0.2) is 5.91 Å². The third kappa shape index (κ3) is 2.46. The standard InChI is InChI=1S/C14H13ClN2O/c1-9-5-4-7-11(15)13(9)17-14(18)10-6-2-3-8-12(10)16/h2-8H,16H2,1H3,(H,17,18). The van der Waals surface area contributed by atoms with E-state index in [0.29, 0.717) is 22.0 Å². The number of hydrogen-bond donors (Lipinski definition) is 2. The number of nitrogen functional groups attached to an aromatic ring is 1. The van der Waals surface area contributed by atoms with Crippen molar-refractivity contribution < 1.29 is 4.79 Å². The SMILES string of the molecule is Cc1cccc(Cl)c1NC(=O)c1ccccc1N. The highest BCUT2D eigenvalue weighted by Gasteiger charge is 2.12. The topological polar surface area (TPSA) is 55.1 Å². The maximum Gasteiger partial charge on any atom is 0.257 e. The molecule has 0 unspecified atom stereocenters. The molecule has 2 rings (SSSR count). The van der Waals surface area contributed by atoms with E-state index in [9.17, 15) is 4.79 Å². The molecule has 0 spiro atoms. The zero-order valence-corrected chi connectivity index (χ0v) is 10.7. The van der Waals surface area contributed by atoms with Gasteiger partial charge in [-0.25, -0.2) is 0 Å². The highest BCUT2D eigenvalue weighted by atomic mass is 35.5. The van der Waals surface area contributed by atoms with Gasteiger partial charge in [0.05, 0.1) is 16.3 Å². The lowest BCUT2D eigenvalue weighted by molar-refractivity contribution is 0.102. The molecule has 0 saturated carbocycles. The smallest absolute Gasteiger partial charge is 0.257 e. The fraction of sp³-hybridized carbons (Fsp3) is 0.0714. The second kappa shape index (κ2) is 5.10. The van der Waals surface area contributed by atoms with Crippen LogP contribution in [0.15, 0.2) is 42.5 Å². The maximum atomic E-state index is 12.1. The Morgan fingerprint density at radius 2 is 1.89 bits per heavy atom. The van der Waals surface area contributed by atoms with Crippen molar-refractivity contribution in [2.24, 2.45) is 0 Å². The molecule has 2 aromatic carbocycles. The molecule has 3 nitrogen and oxygen atoms in total.